The Morgan fingerprint density at radius 1 is 1.12 bits per heavy atom. The van der Waals surface area contributed by atoms with Gasteiger partial charge in [-0.15, -0.1) is 0 Å². The van der Waals surface area contributed by atoms with Gasteiger partial charge >= 0.3 is 0 Å². The summed E-state index contributed by atoms with van der Waals surface area (Å²) in [5.41, 5.74) is 2.28. The van der Waals surface area contributed by atoms with E-state index >= 15 is 0 Å². The molecule has 0 aliphatic carbocycles. The van der Waals surface area contributed by atoms with E-state index in [1.165, 1.54) is 12.0 Å². The third kappa shape index (κ3) is 4.86. The fourth-order valence-corrected chi connectivity index (χ4v) is 4.03. The number of amides is 1. The van der Waals surface area contributed by atoms with Crippen LogP contribution in [0.5, 0.6) is 5.75 Å². The molecule has 6 nitrogen and oxygen atoms in total. The standard InChI is InChI=1S/C26H32N2O4/c1-17(2)18-10-12-19(13-11-18)23-22(24(29)20-8-6-9-21(16-20)32-5)25(30)26(31)28(23)15-7-14-27(3)4/h6,8-13,16-17,23,29H,7,14-15H2,1-5H3/b24-22+. The van der Waals surface area contributed by atoms with Gasteiger partial charge in [-0.2, -0.15) is 0 Å². The molecule has 1 amide bonds. The van der Waals surface area contributed by atoms with E-state index in [0.717, 1.165) is 24.1 Å². The molecule has 1 atom stereocenters. The SMILES string of the molecule is COc1cccc(/C([O-])=C2\C(=O)C(=O)N(CCC[NH+](C)C)C2c2ccc(C(C)C)cc2)c1. The van der Waals surface area contributed by atoms with Gasteiger partial charge in [0.1, 0.15) is 5.75 Å². The highest BCUT2D eigenvalue weighted by Gasteiger charge is 2.43. The average Bonchev–Trinajstić information content (AvgIpc) is 3.03. The molecule has 2 aromatic carbocycles. The van der Waals surface area contributed by atoms with Crippen LogP contribution < -0.4 is 14.7 Å². The van der Waals surface area contributed by atoms with Crippen LogP contribution in [0.1, 0.15) is 48.9 Å². The van der Waals surface area contributed by atoms with Crippen molar-refractivity contribution in [3.8, 4) is 5.75 Å². The van der Waals surface area contributed by atoms with Gasteiger partial charge < -0.3 is 19.6 Å². The highest BCUT2D eigenvalue weighted by Crippen LogP contribution is 2.39. The number of nitrogens with zero attached hydrogens (tertiary/aromatic N) is 1. The van der Waals surface area contributed by atoms with Crippen molar-refractivity contribution in [2.75, 3.05) is 34.3 Å². The first-order valence-electron chi connectivity index (χ1n) is 11.0. The number of rotatable bonds is 8. The molecule has 1 heterocycles. The highest BCUT2D eigenvalue weighted by molar-refractivity contribution is 6.46. The lowest BCUT2D eigenvalue weighted by molar-refractivity contribution is -0.858. The Hall–Kier alpha value is -3.12. The van der Waals surface area contributed by atoms with Gasteiger partial charge in [-0.25, -0.2) is 0 Å². The lowest BCUT2D eigenvalue weighted by Crippen LogP contribution is -3.05. The zero-order valence-corrected chi connectivity index (χ0v) is 19.5. The third-order valence-electron chi connectivity index (χ3n) is 5.86. The molecule has 1 fully saturated rings. The van der Waals surface area contributed by atoms with Gasteiger partial charge in [0.25, 0.3) is 5.91 Å². The fourth-order valence-electron chi connectivity index (χ4n) is 4.03. The van der Waals surface area contributed by atoms with Crippen molar-refractivity contribution in [2.45, 2.75) is 32.2 Å². The molecule has 0 aromatic heterocycles. The Kier molecular flexibility index (Phi) is 7.36. The van der Waals surface area contributed by atoms with Crippen molar-refractivity contribution in [2.24, 2.45) is 0 Å². The van der Waals surface area contributed by atoms with E-state index in [1.54, 1.807) is 29.2 Å². The second-order valence-corrected chi connectivity index (χ2v) is 8.84. The van der Waals surface area contributed by atoms with E-state index in [1.807, 2.05) is 38.4 Å². The van der Waals surface area contributed by atoms with Crippen molar-refractivity contribution in [3.05, 3.63) is 70.8 Å². The van der Waals surface area contributed by atoms with Gasteiger partial charge in [0.15, 0.2) is 0 Å². The minimum absolute atomic E-state index is 0.0118. The summed E-state index contributed by atoms with van der Waals surface area (Å²) in [6.07, 6.45) is 0.739. The first kappa shape index (κ1) is 23.5. The summed E-state index contributed by atoms with van der Waals surface area (Å²) >= 11 is 0. The topological polar surface area (TPSA) is 74.1 Å². The van der Waals surface area contributed by atoms with Gasteiger partial charge in [-0.3, -0.25) is 9.59 Å². The summed E-state index contributed by atoms with van der Waals surface area (Å²) in [6, 6.07) is 13.9. The minimum atomic E-state index is -0.715. The molecular formula is C26H32N2O4. The lowest BCUT2D eigenvalue weighted by atomic mass is 9.93. The van der Waals surface area contributed by atoms with Crippen LogP contribution in [0.25, 0.3) is 5.76 Å². The number of likely N-dealkylation sites (tertiary alicyclic amines) is 1. The minimum Gasteiger partial charge on any atom is -0.872 e. The van der Waals surface area contributed by atoms with Crippen molar-refractivity contribution in [1.82, 2.24) is 4.90 Å². The molecule has 1 aliphatic heterocycles. The van der Waals surface area contributed by atoms with Crippen LogP contribution in [0, 0.1) is 0 Å². The van der Waals surface area contributed by atoms with Gasteiger partial charge in [0.2, 0.25) is 5.78 Å². The number of hydrogen-bond acceptors (Lipinski definition) is 4. The van der Waals surface area contributed by atoms with E-state index < -0.39 is 23.5 Å². The molecule has 3 rings (SSSR count). The molecule has 2 aromatic rings. The molecule has 0 saturated carbocycles. The summed E-state index contributed by atoms with van der Waals surface area (Å²) in [7, 11) is 5.61. The van der Waals surface area contributed by atoms with E-state index in [0.29, 0.717) is 23.8 Å². The molecular weight excluding hydrogens is 404 g/mol. The predicted molar refractivity (Wildman–Crippen MR) is 122 cm³/mol. The van der Waals surface area contributed by atoms with Crippen LogP contribution >= 0.6 is 0 Å². The smallest absolute Gasteiger partial charge is 0.295 e. The third-order valence-corrected chi connectivity index (χ3v) is 5.86. The lowest BCUT2D eigenvalue weighted by Gasteiger charge is -2.28. The number of ether oxygens (including phenoxy) is 1. The molecule has 32 heavy (non-hydrogen) atoms. The Morgan fingerprint density at radius 2 is 1.81 bits per heavy atom. The van der Waals surface area contributed by atoms with Crippen LogP contribution in [0.4, 0.5) is 0 Å². The fraction of sp³-hybridized carbons (Fsp3) is 0.385. The normalized spacial score (nSPS) is 18.1. The molecule has 0 bridgehead atoms. The number of benzene rings is 2. The molecule has 1 saturated heterocycles. The number of quaternary nitrogens is 1. The van der Waals surface area contributed by atoms with Crippen LogP contribution in [-0.4, -0.2) is 50.9 Å². The van der Waals surface area contributed by atoms with Gasteiger partial charge in [-0.05, 0) is 34.7 Å². The first-order valence-corrected chi connectivity index (χ1v) is 11.0. The summed E-state index contributed by atoms with van der Waals surface area (Å²) < 4.78 is 5.23. The summed E-state index contributed by atoms with van der Waals surface area (Å²) in [5.74, 6) is -0.870. The number of carbonyl (C=O) groups excluding carboxylic acids is 2. The van der Waals surface area contributed by atoms with Crippen LogP contribution in [0.3, 0.4) is 0 Å². The quantitative estimate of drug-likeness (QED) is 0.387. The maximum absolute atomic E-state index is 13.5. The monoisotopic (exact) mass is 436 g/mol. The highest BCUT2D eigenvalue weighted by atomic mass is 16.5. The average molecular weight is 437 g/mol. The molecule has 0 radical (unpaired) electrons. The Morgan fingerprint density at radius 3 is 2.41 bits per heavy atom. The Labute approximate surface area is 190 Å². The van der Waals surface area contributed by atoms with E-state index in [-0.39, 0.29) is 5.57 Å². The maximum Gasteiger partial charge on any atom is 0.295 e. The number of ketones is 1. The van der Waals surface area contributed by atoms with E-state index in [4.69, 9.17) is 4.74 Å². The van der Waals surface area contributed by atoms with Crippen LogP contribution in [0.15, 0.2) is 54.1 Å². The largest absolute Gasteiger partial charge is 0.872 e. The second-order valence-electron chi connectivity index (χ2n) is 8.84. The second kappa shape index (κ2) is 10.0. The van der Waals surface area contributed by atoms with Crippen LogP contribution in [0.2, 0.25) is 0 Å². The van der Waals surface area contributed by atoms with Gasteiger partial charge in [-0.1, -0.05) is 56.0 Å². The Bertz CT molecular complexity index is 1010. The summed E-state index contributed by atoms with van der Waals surface area (Å²) in [6.45, 7) is 5.49. The predicted octanol–water partition coefficient (Wildman–Crippen LogP) is 1.58. The van der Waals surface area contributed by atoms with Crippen molar-refractivity contribution < 1.29 is 24.3 Å². The van der Waals surface area contributed by atoms with Crippen LogP contribution in [-0.2, 0) is 9.59 Å². The van der Waals surface area contributed by atoms with Crippen molar-refractivity contribution >= 4 is 17.4 Å². The van der Waals surface area contributed by atoms with Crippen molar-refractivity contribution in [1.29, 1.82) is 0 Å². The number of nitrogens with one attached hydrogen (secondary N) is 1. The number of hydrogen-bond donors (Lipinski definition) is 1. The molecule has 0 spiro atoms. The molecule has 1 unspecified atom stereocenters. The molecule has 1 N–H and O–H groups in total. The van der Waals surface area contributed by atoms with E-state index in [2.05, 4.69) is 13.8 Å². The number of methoxy groups -OCH3 is 1. The molecule has 1 aliphatic rings. The van der Waals surface area contributed by atoms with Gasteiger partial charge in [0.05, 0.1) is 33.8 Å². The Balaban J connectivity index is 2.09. The first-order chi connectivity index (χ1) is 15.2. The van der Waals surface area contributed by atoms with E-state index in [9.17, 15) is 14.7 Å². The molecule has 170 valence electrons. The summed E-state index contributed by atoms with van der Waals surface area (Å²) in [4.78, 5) is 28.9. The zero-order valence-electron chi connectivity index (χ0n) is 19.5. The molecule has 6 heteroatoms. The maximum atomic E-state index is 13.5. The van der Waals surface area contributed by atoms with Gasteiger partial charge in [0, 0.05) is 18.5 Å². The number of Topliss-reactive ketones (excluding diaryl/α,β-unsaturated/α-hetero) is 1. The zero-order chi connectivity index (χ0) is 23.4. The summed E-state index contributed by atoms with van der Waals surface area (Å²) in [5, 5.41) is 13.5. The number of carbonyl (C=O) groups is 2. The van der Waals surface area contributed by atoms with Crippen molar-refractivity contribution in [3.63, 3.8) is 0 Å².